The van der Waals surface area contributed by atoms with Crippen LogP contribution >= 0.6 is 0 Å². The van der Waals surface area contributed by atoms with Gasteiger partial charge in [0, 0.05) is 12.1 Å². The van der Waals surface area contributed by atoms with E-state index in [2.05, 4.69) is 0 Å². The van der Waals surface area contributed by atoms with Gasteiger partial charge in [-0.2, -0.15) is 0 Å². The Balaban J connectivity index is 1.65. The van der Waals surface area contributed by atoms with E-state index in [4.69, 9.17) is 18.9 Å². The zero-order valence-electron chi connectivity index (χ0n) is 15.0. The van der Waals surface area contributed by atoms with Gasteiger partial charge in [-0.3, -0.25) is 0 Å². The zero-order valence-corrected chi connectivity index (χ0v) is 15.0. The molecule has 134 valence electrons. The van der Waals surface area contributed by atoms with E-state index in [1.807, 2.05) is 72.8 Å². The third kappa shape index (κ3) is 4.70. The van der Waals surface area contributed by atoms with Crippen LogP contribution in [0, 0.1) is 0 Å². The number of ether oxygens (including phenoxy) is 4. The first-order chi connectivity index (χ1) is 12.8. The monoisotopic (exact) mass is 350 g/mol. The molecular weight excluding hydrogens is 328 g/mol. The SMILES string of the molecule is COc1cccc(OCc2ccccc2COc2cccc(OC)c2)c1. The van der Waals surface area contributed by atoms with Gasteiger partial charge in [0.2, 0.25) is 0 Å². The van der Waals surface area contributed by atoms with Crippen molar-refractivity contribution in [1.29, 1.82) is 0 Å². The Morgan fingerprint density at radius 1 is 0.538 bits per heavy atom. The fraction of sp³-hybridized carbons (Fsp3) is 0.182. The van der Waals surface area contributed by atoms with E-state index in [1.54, 1.807) is 14.2 Å². The molecule has 4 heteroatoms. The van der Waals surface area contributed by atoms with E-state index in [0.29, 0.717) is 13.2 Å². The molecule has 0 bridgehead atoms. The molecule has 0 amide bonds. The maximum absolute atomic E-state index is 5.91. The van der Waals surface area contributed by atoms with Gasteiger partial charge >= 0.3 is 0 Å². The van der Waals surface area contributed by atoms with Gasteiger partial charge in [0.15, 0.2) is 0 Å². The smallest absolute Gasteiger partial charge is 0.123 e. The van der Waals surface area contributed by atoms with E-state index in [-0.39, 0.29) is 0 Å². The summed E-state index contributed by atoms with van der Waals surface area (Å²) < 4.78 is 22.3. The fourth-order valence-electron chi connectivity index (χ4n) is 2.54. The van der Waals surface area contributed by atoms with Crippen molar-refractivity contribution in [1.82, 2.24) is 0 Å². The van der Waals surface area contributed by atoms with Crippen molar-refractivity contribution in [3.8, 4) is 23.0 Å². The van der Waals surface area contributed by atoms with E-state index < -0.39 is 0 Å². The molecule has 0 spiro atoms. The lowest BCUT2D eigenvalue weighted by Gasteiger charge is -2.13. The zero-order chi connectivity index (χ0) is 18.2. The highest BCUT2D eigenvalue weighted by molar-refractivity contribution is 5.35. The average Bonchev–Trinajstić information content (AvgIpc) is 2.71. The molecule has 0 aliphatic heterocycles. The summed E-state index contributed by atoms with van der Waals surface area (Å²) in [4.78, 5) is 0. The highest BCUT2D eigenvalue weighted by Gasteiger charge is 2.05. The van der Waals surface area contributed by atoms with Crippen molar-refractivity contribution >= 4 is 0 Å². The number of rotatable bonds is 8. The van der Waals surface area contributed by atoms with E-state index in [9.17, 15) is 0 Å². The van der Waals surface area contributed by atoms with Crippen LogP contribution in [0.25, 0.3) is 0 Å². The molecule has 3 rings (SSSR count). The molecule has 0 saturated heterocycles. The van der Waals surface area contributed by atoms with Crippen LogP contribution in [0.2, 0.25) is 0 Å². The Hall–Kier alpha value is -3.14. The quantitative estimate of drug-likeness (QED) is 0.581. The van der Waals surface area contributed by atoms with E-state index in [1.165, 1.54) is 0 Å². The molecule has 0 unspecified atom stereocenters. The summed E-state index contributed by atoms with van der Waals surface area (Å²) in [5.74, 6) is 3.09. The molecule has 26 heavy (non-hydrogen) atoms. The van der Waals surface area contributed by atoms with Gasteiger partial charge in [0.1, 0.15) is 36.2 Å². The Labute approximate surface area is 153 Å². The molecule has 0 aromatic heterocycles. The van der Waals surface area contributed by atoms with Crippen LogP contribution in [0.3, 0.4) is 0 Å². The van der Waals surface area contributed by atoms with Crippen molar-refractivity contribution in [2.75, 3.05) is 14.2 Å². The molecule has 0 aliphatic rings. The normalized spacial score (nSPS) is 10.2. The largest absolute Gasteiger partial charge is 0.497 e. The highest BCUT2D eigenvalue weighted by atomic mass is 16.5. The lowest BCUT2D eigenvalue weighted by Crippen LogP contribution is -2.03. The van der Waals surface area contributed by atoms with Crippen LogP contribution in [0.15, 0.2) is 72.8 Å². The van der Waals surface area contributed by atoms with Crippen LogP contribution in [0.1, 0.15) is 11.1 Å². The highest BCUT2D eigenvalue weighted by Crippen LogP contribution is 2.23. The summed E-state index contributed by atoms with van der Waals surface area (Å²) in [6.45, 7) is 0.926. The van der Waals surface area contributed by atoms with Gasteiger partial charge in [-0.05, 0) is 35.4 Å². The van der Waals surface area contributed by atoms with Crippen LogP contribution in [0.5, 0.6) is 23.0 Å². The first kappa shape index (κ1) is 17.7. The molecular formula is C22H22O4. The number of methoxy groups -OCH3 is 2. The summed E-state index contributed by atoms with van der Waals surface area (Å²) >= 11 is 0. The van der Waals surface area contributed by atoms with Crippen LogP contribution in [-0.2, 0) is 13.2 Å². The lowest BCUT2D eigenvalue weighted by atomic mass is 10.1. The molecule has 0 fully saturated rings. The second-order valence-corrected chi connectivity index (χ2v) is 5.70. The predicted octanol–water partition coefficient (Wildman–Crippen LogP) is 4.86. The van der Waals surface area contributed by atoms with Gasteiger partial charge in [-0.1, -0.05) is 36.4 Å². The molecule has 3 aromatic carbocycles. The van der Waals surface area contributed by atoms with Crippen LogP contribution in [0.4, 0.5) is 0 Å². The molecule has 0 saturated carbocycles. The van der Waals surface area contributed by atoms with Crippen LogP contribution in [-0.4, -0.2) is 14.2 Å². The van der Waals surface area contributed by atoms with Crippen molar-refractivity contribution in [2.45, 2.75) is 13.2 Å². The fourth-order valence-corrected chi connectivity index (χ4v) is 2.54. The number of hydrogen-bond donors (Lipinski definition) is 0. The summed E-state index contributed by atoms with van der Waals surface area (Å²) in [6.07, 6.45) is 0. The molecule has 4 nitrogen and oxygen atoms in total. The third-order valence-electron chi connectivity index (χ3n) is 3.99. The second-order valence-electron chi connectivity index (χ2n) is 5.70. The Kier molecular flexibility index (Phi) is 5.99. The minimum absolute atomic E-state index is 0.463. The van der Waals surface area contributed by atoms with E-state index >= 15 is 0 Å². The molecule has 3 aromatic rings. The maximum atomic E-state index is 5.91. The number of benzene rings is 3. The molecule has 0 radical (unpaired) electrons. The van der Waals surface area contributed by atoms with Gasteiger partial charge in [0.25, 0.3) is 0 Å². The molecule has 0 atom stereocenters. The minimum Gasteiger partial charge on any atom is -0.497 e. The molecule has 0 heterocycles. The Morgan fingerprint density at radius 2 is 0.962 bits per heavy atom. The predicted molar refractivity (Wildman–Crippen MR) is 101 cm³/mol. The third-order valence-corrected chi connectivity index (χ3v) is 3.99. The van der Waals surface area contributed by atoms with Crippen molar-refractivity contribution < 1.29 is 18.9 Å². The lowest BCUT2D eigenvalue weighted by molar-refractivity contribution is 0.283. The standard InChI is InChI=1S/C22H22O4/c1-23-19-9-5-11-21(13-19)25-15-17-7-3-4-8-18(17)16-26-22-12-6-10-20(14-22)24-2/h3-14H,15-16H2,1-2H3. The van der Waals surface area contributed by atoms with Gasteiger partial charge < -0.3 is 18.9 Å². The summed E-state index contributed by atoms with van der Waals surface area (Å²) in [5.41, 5.74) is 2.16. The Bertz CT molecular complexity index is 774. The van der Waals surface area contributed by atoms with Crippen molar-refractivity contribution in [2.24, 2.45) is 0 Å². The minimum atomic E-state index is 0.463. The second kappa shape index (κ2) is 8.81. The van der Waals surface area contributed by atoms with Gasteiger partial charge in [0.05, 0.1) is 14.2 Å². The Morgan fingerprint density at radius 3 is 1.38 bits per heavy atom. The topological polar surface area (TPSA) is 36.9 Å². The maximum Gasteiger partial charge on any atom is 0.123 e. The molecule has 0 aliphatic carbocycles. The summed E-state index contributed by atoms with van der Waals surface area (Å²) in [5, 5.41) is 0. The van der Waals surface area contributed by atoms with Crippen molar-refractivity contribution in [3.63, 3.8) is 0 Å². The van der Waals surface area contributed by atoms with Gasteiger partial charge in [-0.15, -0.1) is 0 Å². The first-order valence-corrected chi connectivity index (χ1v) is 8.39. The summed E-state index contributed by atoms with van der Waals surface area (Å²) in [6, 6.07) is 23.3. The van der Waals surface area contributed by atoms with Crippen molar-refractivity contribution in [3.05, 3.63) is 83.9 Å². The summed E-state index contributed by atoms with van der Waals surface area (Å²) in [7, 11) is 3.29. The molecule has 0 N–H and O–H groups in total. The van der Waals surface area contributed by atoms with Gasteiger partial charge in [-0.25, -0.2) is 0 Å². The van der Waals surface area contributed by atoms with E-state index in [0.717, 1.165) is 34.1 Å². The van der Waals surface area contributed by atoms with Crippen LogP contribution < -0.4 is 18.9 Å². The number of hydrogen-bond acceptors (Lipinski definition) is 4. The average molecular weight is 350 g/mol. The first-order valence-electron chi connectivity index (χ1n) is 8.39.